The first kappa shape index (κ1) is 15.2. The molecule has 0 fully saturated rings. The molecule has 21 heavy (non-hydrogen) atoms. The molecule has 0 saturated heterocycles. The van der Waals surface area contributed by atoms with Crippen LogP contribution in [0.1, 0.15) is 36.5 Å². The molecule has 2 aromatic rings. The Bertz CT molecular complexity index is 611. The normalized spacial score (nSPS) is 10.1. The summed E-state index contributed by atoms with van der Waals surface area (Å²) in [6.07, 6.45) is 3.95. The van der Waals surface area contributed by atoms with Crippen LogP contribution in [0.25, 0.3) is 0 Å². The second-order valence-corrected chi connectivity index (χ2v) is 5.42. The van der Waals surface area contributed by atoms with Crippen LogP contribution in [0.2, 0.25) is 0 Å². The first-order valence-electron chi connectivity index (χ1n) is 6.80. The highest BCUT2D eigenvalue weighted by atomic mass is 32.1. The Balaban J connectivity index is 2.00. The van der Waals surface area contributed by atoms with E-state index >= 15 is 0 Å². The van der Waals surface area contributed by atoms with Crippen LogP contribution in [-0.4, -0.2) is 16.8 Å². The van der Waals surface area contributed by atoms with Gasteiger partial charge >= 0.3 is 0 Å². The molecule has 0 aliphatic heterocycles. The van der Waals surface area contributed by atoms with E-state index in [1.54, 1.807) is 35.8 Å². The van der Waals surface area contributed by atoms with Crippen molar-refractivity contribution in [2.45, 2.75) is 26.2 Å². The number of nitrogens with zero attached hydrogens (tertiary/aromatic N) is 1. The fourth-order valence-corrected chi connectivity index (χ4v) is 2.28. The van der Waals surface area contributed by atoms with Crippen molar-refractivity contribution in [1.29, 1.82) is 0 Å². The SMILES string of the molecule is CCCCC(=O)Nc1cccc(C(=O)Nc2nccs2)c1. The maximum Gasteiger partial charge on any atom is 0.257 e. The monoisotopic (exact) mass is 303 g/mol. The molecule has 2 N–H and O–H groups in total. The maximum absolute atomic E-state index is 12.1. The highest BCUT2D eigenvalue weighted by molar-refractivity contribution is 7.13. The summed E-state index contributed by atoms with van der Waals surface area (Å²) in [4.78, 5) is 27.8. The van der Waals surface area contributed by atoms with Gasteiger partial charge in [-0.1, -0.05) is 19.4 Å². The van der Waals surface area contributed by atoms with E-state index in [9.17, 15) is 9.59 Å². The zero-order chi connectivity index (χ0) is 15.1. The van der Waals surface area contributed by atoms with Gasteiger partial charge in [0.15, 0.2) is 5.13 Å². The summed E-state index contributed by atoms with van der Waals surface area (Å²) in [7, 11) is 0. The van der Waals surface area contributed by atoms with E-state index in [0.717, 1.165) is 12.8 Å². The summed E-state index contributed by atoms with van der Waals surface area (Å²) in [5.74, 6) is -0.274. The molecular weight excluding hydrogens is 286 g/mol. The number of carbonyl (C=O) groups excluding carboxylic acids is 2. The lowest BCUT2D eigenvalue weighted by molar-refractivity contribution is -0.116. The molecule has 1 heterocycles. The molecule has 0 aliphatic rings. The molecule has 0 atom stereocenters. The average molecular weight is 303 g/mol. The fraction of sp³-hybridized carbons (Fsp3) is 0.267. The first-order valence-corrected chi connectivity index (χ1v) is 7.67. The summed E-state index contributed by atoms with van der Waals surface area (Å²) in [5, 5.41) is 7.85. The smallest absolute Gasteiger partial charge is 0.257 e. The molecule has 0 saturated carbocycles. The molecule has 110 valence electrons. The molecule has 1 aromatic carbocycles. The van der Waals surface area contributed by atoms with Gasteiger partial charge in [-0.25, -0.2) is 4.98 Å². The van der Waals surface area contributed by atoms with Gasteiger partial charge in [0.05, 0.1) is 0 Å². The highest BCUT2D eigenvalue weighted by Crippen LogP contribution is 2.15. The third-order valence-electron chi connectivity index (χ3n) is 2.82. The van der Waals surface area contributed by atoms with Gasteiger partial charge in [0.1, 0.15) is 0 Å². The first-order chi connectivity index (χ1) is 10.2. The van der Waals surface area contributed by atoms with Crippen molar-refractivity contribution in [1.82, 2.24) is 4.98 Å². The van der Waals surface area contributed by atoms with Crippen molar-refractivity contribution in [3.63, 3.8) is 0 Å². The minimum atomic E-state index is -0.241. The lowest BCUT2D eigenvalue weighted by Gasteiger charge is -2.07. The standard InChI is InChI=1S/C15H17N3O2S/c1-2-3-7-13(19)17-12-6-4-5-11(10-12)14(20)18-15-16-8-9-21-15/h4-6,8-10H,2-3,7H2,1H3,(H,17,19)(H,16,18,20). The highest BCUT2D eigenvalue weighted by Gasteiger charge is 2.09. The molecule has 0 radical (unpaired) electrons. The third kappa shape index (κ3) is 4.68. The van der Waals surface area contributed by atoms with E-state index < -0.39 is 0 Å². The Morgan fingerprint density at radius 3 is 2.86 bits per heavy atom. The molecule has 2 rings (SSSR count). The minimum Gasteiger partial charge on any atom is -0.326 e. The van der Waals surface area contributed by atoms with Crippen LogP contribution in [0.4, 0.5) is 10.8 Å². The average Bonchev–Trinajstić information content (AvgIpc) is 2.98. The van der Waals surface area contributed by atoms with Gasteiger partial charge in [0.25, 0.3) is 5.91 Å². The number of amides is 2. The van der Waals surface area contributed by atoms with E-state index in [1.165, 1.54) is 11.3 Å². The van der Waals surface area contributed by atoms with Gasteiger partial charge < -0.3 is 5.32 Å². The second-order valence-electron chi connectivity index (χ2n) is 4.52. The number of rotatable bonds is 6. The molecule has 0 bridgehead atoms. The van der Waals surface area contributed by atoms with Gasteiger partial charge in [0, 0.05) is 29.2 Å². The van der Waals surface area contributed by atoms with Gasteiger partial charge in [-0.3, -0.25) is 14.9 Å². The van der Waals surface area contributed by atoms with Crippen LogP contribution in [0, 0.1) is 0 Å². The summed E-state index contributed by atoms with van der Waals surface area (Å²) >= 11 is 1.36. The molecule has 1 aromatic heterocycles. The number of hydrogen-bond donors (Lipinski definition) is 2. The summed E-state index contributed by atoms with van der Waals surface area (Å²) < 4.78 is 0. The number of anilines is 2. The van der Waals surface area contributed by atoms with E-state index in [1.807, 2.05) is 6.92 Å². The Labute approximate surface area is 127 Å². The molecule has 0 aliphatic carbocycles. The van der Waals surface area contributed by atoms with Gasteiger partial charge in [-0.15, -0.1) is 11.3 Å². The zero-order valence-electron chi connectivity index (χ0n) is 11.8. The van der Waals surface area contributed by atoms with Crippen LogP contribution in [-0.2, 0) is 4.79 Å². The number of carbonyl (C=O) groups is 2. The van der Waals surface area contributed by atoms with Crippen molar-refractivity contribution < 1.29 is 9.59 Å². The Kier molecular flexibility index (Phi) is 5.45. The van der Waals surface area contributed by atoms with Crippen molar-refractivity contribution in [3.05, 3.63) is 41.4 Å². The van der Waals surface area contributed by atoms with Gasteiger partial charge in [-0.2, -0.15) is 0 Å². The van der Waals surface area contributed by atoms with Crippen LogP contribution in [0.15, 0.2) is 35.8 Å². The Hall–Kier alpha value is -2.21. The number of thiazole rings is 1. The Morgan fingerprint density at radius 2 is 2.14 bits per heavy atom. The number of unbranched alkanes of at least 4 members (excludes halogenated alkanes) is 1. The van der Waals surface area contributed by atoms with Crippen LogP contribution < -0.4 is 10.6 Å². The van der Waals surface area contributed by atoms with E-state index in [-0.39, 0.29) is 11.8 Å². The van der Waals surface area contributed by atoms with Crippen molar-refractivity contribution >= 4 is 34.0 Å². The lowest BCUT2D eigenvalue weighted by Crippen LogP contribution is -2.14. The summed E-state index contributed by atoms with van der Waals surface area (Å²) in [5.41, 5.74) is 1.11. The predicted molar refractivity (Wildman–Crippen MR) is 84.7 cm³/mol. The summed E-state index contributed by atoms with van der Waals surface area (Å²) in [6.45, 7) is 2.04. The third-order valence-corrected chi connectivity index (χ3v) is 3.51. The molecule has 6 heteroatoms. The number of aromatic nitrogens is 1. The zero-order valence-corrected chi connectivity index (χ0v) is 12.6. The van der Waals surface area contributed by atoms with E-state index in [0.29, 0.717) is 22.8 Å². The van der Waals surface area contributed by atoms with Crippen LogP contribution in [0.3, 0.4) is 0 Å². The predicted octanol–water partition coefficient (Wildman–Crippen LogP) is 3.52. The Morgan fingerprint density at radius 1 is 1.29 bits per heavy atom. The summed E-state index contributed by atoms with van der Waals surface area (Å²) in [6, 6.07) is 6.87. The van der Waals surface area contributed by atoms with Gasteiger partial charge in [0.2, 0.25) is 5.91 Å². The number of benzene rings is 1. The molecule has 2 amide bonds. The van der Waals surface area contributed by atoms with E-state index in [2.05, 4.69) is 15.6 Å². The maximum atomic E-state index is 12.1. The van der Waals surface area contributed by atoms with Gasteiger partial charge in [-0.05, 0) is 24.6 Å². The molecule has 0 spiro atoms. The topological polar surface area (TPSA) is 71.1 Å². The molecule has 5 nitrogen and oxygen atoms in total. The van der Waals surface area contributed by atoms with Crippen LogP contribution >= 0.6 is 11.3 Å². The lowest BCUT2D eigenvalue weighted by atomic mass is 10.2. The quantitative estimate of drug-likeness (QED) is 0.857. The largest absolute Gasteiger partial charge is 0.326 e. The number of nitrogens with one attached hydrogen (secondary N) is 2. The van der Waals surface area contributed by atoms with E-state index in [4.69, 9.17) is 0 Å². The fourth-order valence-electron chi connectivity index (χ4n) is 1.75. The minimum absolute atomic E-state index is 0.0330. The molecule has 0 unspecified atom stereocenters. The molecular formula is C15H17N3O2S. The van der Waals surface area contributed by atoms with Crippen molar-refractivity contribution in [2.75, 3.05) is 10.6 Å². The van der Waals surface area contributed by atoms with Crippen molar-refractivity contribution in [3.8, 4) is 0 Å². The number of hydrogen-bond acceptors (Lipinski definition) is 4. The van der Waals surface area contributed by atoms with Crippen LogP contribution in [0.5, 0.6) is 0 Å². The second kappa shape index (κ2) is 7.54. The van der Waals surface area contributed by atoms with Crippen molar-refractivity contribution in [2.24, 2.45) is 0 Å².